The average molecular weight is 450 g/mol. The second kappa shape index (κ2) is 12.5. The van der Waals surface area contributed by atoms with E-state index >= 15 is 0 Å². The van der Waals surface area contributed by atoms with Crippen LogP contribution in [0, 0.1) is 11.3 Å². The lowest BCUT2D eigenvalue weighted by molar-refractivity contribution is 0.341. The Morgan fingerprint density at radius 3 is 2.21 bits per heavy atom. The van der Waals surface area contributed by atoms with Crippen molar-refractivity contribution >= 4 is 29.0 Å². The Morgan fingerprint density at radius 2 is 1.59 bits per heavy atom. The van der Waals surface area contributed by atoms with Gasteiger partial charge < -0.3 is 9.64 Å². The predicted octanol–water partition coefficient (Wildman–Crippen LogP) is 7.30. The van der Waals surface area contributed by atoms with Crippen LogP contribution >= 0.6 is 0 Å². The fraction of sp³-hybridized carbons (Fsp3) is 0.143. The summed E-state index contributed by atoms with van der Waals surface area (Å²) < 4.78 is 5.76. The molecule has 0 spiro atoms. The Balaban J connectivity index is 1.75. The first-order valence-corrected chi connectivity index (χ1v) is 11.0. The molecular weight excluding hydrogens is 422 g/mol. The van der Waals surface area contributed by atoms with E-state index in [2.05, 4.69) is 39.3 Å². The summed E-state index contributed by atoms with van der Waals surface area (Å²) in [5.74, 6) is 0.612. The summed E-state index contributed by atoms with van der Waals surface area (Å²) in [5.41, 5.74) is 4.70. The van der Waals surface area contributed by atoms with Gasteiger partial charge in [0.05, 0.1) is 29.6 Å². The van der Waals surface area contributed by atoms with E-state index in [1.165, 1.54) is 0 Å². The van der Waals surface area contributed by atoms with E-state index in [-0.39, 0.29) is 0 Å². The van der Waals surface area contributed by atoms with Gasteiger partial charge in [0.15, 0.2) is 0 Å². The average Bonchev–Trinajstić information content (AvgIpc) is 2.87. The summed E-state index contributed by atoms with van der Waals surface area (Å²) >= 11 is 0. The maximum Gasteiger partial charge on any atom is 0.148 e. The monoisotopic (exact) mass is 449 g/mol. The smallest absolute Gasteiger partial charge is 0.148 e. The van der Waals surface area contributed by atoms with Crippen molar-refractivity contribution in [2.24, 2.45) is 15.2 Å². The molecule has 0 atom stereocenters. The number of ether oxygens (including phenoxy) is 1. The molecule has 0 aliphatic carbocycles. The lowest BCUT2D eigenvalue weighted by Gasteiger charge is -2.21. The summed E-state index contributed by atoms with van der Waals surface area (Å²) in [4.78, 5) is 6.67. The van der Waals surface area contributed by atoms with Crippen LogP contribution in [0.25, 0.3) is 0 Å². The van der Waals surface area contributed by atoms with Crippen LogP contribution in [0.1, 0.15) is 18.1 Å². The van der Waals surface area contributed by atoms with Crippen LogP contribution in [0.3, 0.4) is 0 Å². The van der Waals surface area contributed by atoms with E-state index in [9.17, 15) is 0 Å². The van der Waals surface area contributed by atoms with Gasteiger partial charge in [-0.15, -0.1) is 18.3 Å². The number of rotatable bonds is 11. The van der Waals surface area contributed by atoms with Crippen LogP contribution in [0.2, 0.25) is 0 Å². The minimum atomic E-state index is 0.502. The molecule has 6 heteroatoms. The third kappa shape index (κ3) is 6.75. The number of hydrogen-bond acceptors (Lipinski definition) is 6. The molecule has 0 heterocycles. The lowest BCUT2D eigenvalue weighted by Crippen LogP contribution is -2.22. The summed E-state index contributed by atoms with van der Waals surface area (Å²) in [6.45, 7) is 11.5. The highest BCUT2D eigenvalue weighted by Gasteiger charge is 2.06. The topological polar surface area (TPSA) is 73.3 Å². The van der Waals surface area contributed by atoms with Gasteiger partial charge in [-0.3, -0.25) is 4.99 Å². The van der Waals surface area contributed by atoms with Gasteiger partial charge in [-0.1, -0.05) is 24.3 Å². The third-order valence-corrected chi connectivity index (χ3v) is 4.83. The van der Waals surface area contributed by atoms with Crippen molar-refractivity contribution in [3.8, 4) is 11.8 Å². The van der Waals surface area contributed by atoms with Crippen LogP contribution in [-0.4, -0.2) is 25.9 Å². The van der Waals surface area contributed by atoms with Crippen molar-refractivity contribution in [3.05, 3.63) is 103 Å². The number of benzene rings is 3. The number of azo groups is 1. The van der Waals surface area contributed by atoms with Crippen molar-refractivity contribution < 1.29 is 4.74 Å². The zero-order chi connectivity index (χ0) is 24.2. The molecular formula is C28H27N5O. The largest absolute Gasteiger partial charge is 0.491 e. The Bertz CT molecular complexity index is 1200. The van der Waals surface area contributed by atoms with Crippen LogP contribution in [0.15, 0.2) is 107 Å². The fourth-order valence-electron chi connectivity index (χ4n) is 3.17. The maximum absolute atomic E-state index is 8.91. The van der Waals surface area contributed by atoms with Crippen LogP contribution in [-0.2, 0) is 0 Å². The highest BCUT2D eigenvalue weighted by molar-refractivity contribution is 5.82. The number of nitriles is 1. The lowest BCUT2D eigenvalue weighted by atomic mass is 10.2. The molecule has 0 aliphatic rings. The molecule has 3 aromatic carbocycles. The van der Waals surface area contributed by atoms with E-state index in [0.717, 1.165) is 35.7 Å². The first-order chi connectivity index (χ1) is 16.7. The van der Waals surface area contributed by atoms with Gasteiger partial charge in [0.1, 0.15) is 11.4 Å². The molecule has 0 saturated carbocycles. The third-order valence-electron chi connectivity index (χ3n) is 4.83. The quantitative estimate of drug-likeness (QED) is 0.175. The highest BCUT2D eigenvalue weighted by atomic mass is 16.5. The normalized spacial score (nSPS) is 10.8. The summed E-state index contributed by atoms with van der Waals surface area (Å²) in [6, 6.07) is 22.7. The van der Waals surface area contributed by atoms with Gasteiger partial charge in [-0.25, -0.2) is 0 Å². The van der Waals surface area contributed by atoms with Gasteiger partial charge in [0.2, 0.25) is 0 Å². The standard InChI is InChI=1S/C28H27N5O/c1-4-17-33(18-5-2)26-14-11-24(12-15-26)31-32-27-16-13-25(19-28(27)34-6-3)30-21-23-9-7-22(20-29)8-10-23/h4-5,7-16,19,21H,1-2,6,17-18H2,3H3. The zero-order valence-electron chi connectivity index (χ0n) is 19.3. The highest BCUT2D eigenvalue weighted by Crippen LogP contribution is 2.33. The number of nitrogens with zero attached hydrogens (tertiary/aromatic N) is 5. The Hall–Kier alpha value is -4.50. The SMILES string of the molecule is C=CCN(CC=C)c1ccc(N=Nc2ccc(N=Cc3ccc(C#N)cc3)cc2OCC)cc1. The van der Waals surface area contributed by atoms with Gasteiger partial charge >= 0.3 is 0 Å². The fourth-order valence-corrected chi connectivity index (χ4v) is 3.17. The molecule has 6 nitrogen and oxygen atoms in total. The molecule has 0 saturated heterocycles. The summed E-state index contributed by atoms with van der Waals surface area (Å²) in [5, 5.41) is 17.7. The minimum absolute atomic E-state index is 0.502. The van der Waals surface area contributed by atoms with E-state index < -0.39 is 0 Å². The van der Waals surface area contributed by atoms with Gasteiger partial charge in [0, 0.05) is 31.1 Å². The van der Waals surface area contributed by atoms with Crippen molar-refractivity contribution in [1.82, 2.24) is 0 Å². The second-order valence-electron chi connectivity index (χ2n) is 7.28. The van der Waals surface area contributed by atoms with Crippen LogP contribution < -0.4 is 9.64 Å². The Morgan fingerprint density at radius 1 is 0.912 bits per heavy atom. The van der Waals surface area contributed by atoms with Crippen molar-refractivity contribution in [3.63, 3.8) is 0 Å². The molecule has 170 valence electrons. The van der Waals surface area contributed by atoms with Crippen molar-refractivity contribution in [2.75, 3.05) is 24.6 Å². The molecule has 0 radical (unpaired) electrons. The molecule has 0 fully saturated rings. The second-order valence-corrected chi connectivity index (χ2v) is 7.28. The predicted molar refractivity (Wildman–Crippen MR) is 139 cm³/mol. The van der Waals surface area contributed by atoms with E-state index in [1.54, 1.807) is 18.3 Å². The van der Waals surface area contributed by atoms with Gasteiger partial charge in [0.25, 0.3) is 0 Å². The Kier molecular flexibility index (Phi) is 8.89. The van der Waals surface area contributed by atoms with Crippen molar-refractivity contribution in [1.29, 1.82) is 5.26 Å². The van der Waals surface area contributed by atoms with E-state index in [1.807, 2.05) is 73.7 Å². The molecule has 0 amide bonds. The molecule has 34 heavy (non-hydrogen) atoms. The minimum Gasteiger partial charge on any atom is -0.491 e. The van der Waals surface area contributed by atoms with E-state index in [4.69, 9.17) is 10.00 Å². The maximum atomic E-state index is 8.91. The van der Waals surface area contributed by atoms with E-state index in [0.29, 0.717) is 23.6 Å². The molecule has 0 unspecified atom stereocenters. The van der Waals surface area contributed by atoms with Crippen LogP contribution in [0.5, 0.6) is 5.75 Å². The molecule has 3 aromatic rings. The number of anilines is 1. The van der Waals surface area contributed by atoms with Gasteiger partial charge in [-0.2, -0.15) is 10.4 Å². The van der Waals surface area contributed by atoms with Gasteiger partial charge in [-0.05, 0) is 61.0 Å². The summed E-state index contributed by atoms with van der Waals surface area (Å²) in [6.07, 6.45) is 5.48. The number of hydrogen-bond donors (Lipinski definition) is 0. The first-order valence-electron chi connectivity index (χ1n) is 11.0. The summed E-state index contributed by atoms with van der Waals surface area (Å²) in [7, 11) is 0. The first kappa shape index (κ1) is 24.1. The van der Waals surface area contributed by atoms with Crippen molar-refractivity contribution in [2.45, 2.75) is 6.92 Å². The molecule has 0 aromatic heterocycles. The molecule has 0 bridgehead atoms. The molecule has 3 rings (SSSR count). The molecule has 0 aliphatic heterocycles. The number of aliphatic imine (C=N–C) groups is 1. The van der Waals surface area contributed by atoms with Crippen LogP contribution in [0.4, 0.5) is 22.7 Å². The Labute approximate surface area is 200 Å². The molecule has 0 N–H and O–H groups in total. The zero-order valence-corrected chi connectivity index (χ0v) is 19.3.